The minimum atomic E-state index is -0.486. The molecule has 2 aliphatic carbocycles. The number of unbranched alkanes of at least 4 members (excludes halogenated alkanes) is 1. The molecule has 162 valence electrons. The molecule has 2 rings (SSSR count). The average molecular weight is 403 g/mol. The van der Waals surface area contributed by atoms with E-state index in [0.717, 1.165) is 57.8 Å². The molecular formula is C25H38O4. The fourth-order valence-electron chi connectivity index (χ4n) is 4.92. The number of methoxy groups -OCH3 is 1. The van der Waals surface area contributed by atoms with Crippen LogP contribution < -0.4 is 0 Å². The summed E-state index contributed by atoms with van der Waals surface area (Å²) >= 11 is 0. The van der Waals surface area contributed by atoms with E-state index >= 15 is 0 Å². The van der Waals surface area contributed by atoms with Gasteiger partial charge in [0, 0.05) is 31.6 Å². The number of rotatable bonds is 10. The number of ketones is 1. The van der Waals surface area contributed by atoms with Crippen LogP contribution in [0.3, 0.4) is 0 Å². The third-order valence-corrected chi connectivity index (χ3v) is 6.59. The molecule has 0 aliphatic heterocycles. The number of hydrogen-bond donors (Lipinski definition) is 1. The maximum atomic E-state index is 12.9. The Bertz CT molecular complexity index is 639. The Hall–Kier alpha value is -1.60. The molecule has 4 heteroatoms. The number of esters is 1. The number of fused-ring (bicyclic) bond motifs is 1. The molecule has 0 aromatic carbocycles. The Morgan fingerprint density at radius 3 is 2.79 bits per heavy atom. The Morgan fingerprint density at radius 1 is 1.28 bits per heavy atom. The normalized spacial score (nSPS) is 26.7. The second-order valence-electron chi connectivity index (χ2n) is 8.86. The quantitative estimate of drug-likeness (QED) is 0.246. The van der Waals surface area contributed by atoms with Crippen molar-refractivity contribution in [1.29, 1.82) is 0 Å². The van der Waals surface area contributed by atoms with Gasteiger partial charge in [0.05, 0.1) is 13.2 Å². The number of carbonyl (C=O) groups is 2. The van der Waals surface area contributed by atoms with Gasteiger partial charge in [-0.25, -0.2) is 0 Å². The van der Waals surface area contributed by atoms with Gasteiger partial charge in [0.15, 0.2) is 0 Å². The van der Waals surface area contributed by atoms with Crippen molar-refractivity contribution in [2.24, 2.45) is 23.7 Å². The second kappa shape index (κ2) is 12.2. The van der Waals surface area contributed by atoms with E-state index < -0.39 is 6.10 Å². The lowest BCUT2D eigenvalue weighted by molar-refractivity contribution is -0.140. The zero-order valence-corrected chi connectivity index (χ0v) is 18.4. The molecule has 29 heavy (non-hydrogen) atoms. The smallest absolute Gasteiger partial charge is 0.305 e. The predicted octanol–water partition coefficient (Wildman–Crippen LogP) is 4.84. The zero-order chi connectivity index (χ0) is 21.2. The monoisotopic (exact) mass is 402 g/mol. The summed E-state index contributed by atoms with van der Waals surface area (Å²) in [5, 5.41) is 10.6. The third-order valence-electron chi connectivity index (χ3n) is 6.59. The molecule has 4 nitrogen and oxygen atoms in total. The highest BCUT2D eigenvalue weighted by molar-refractivity contribution is 5.82. The number of Topliss-reactive ketones (excluding diaryl/α,β-unsaturated/α-hetero) is 1. The summed E-state index contributed by atoms with van der Waals surface area (Å²) < 4.78 is 4.68. The number of aliphatic hydroxyl groups is 1. The first-order valence-corrected chi connectivity index (χ1v) is 11.4. The van der Waals surface area contributed by atoms with Crippen LogP contribution in [-0.2, 0) is 14.3 Å². The lowest BCUT2D eigenvalue weighted by Crippen LogP contribution is -2.30. The number of aliphatic hydroxyl groups excluding tert-OH is 1. The van der Waals surface area contributed by atoms with E-state index in [1.165, 1.54) is 12.7 Å². The average Bonchev–Trinajstić information content (AvgIpc) is 3.04. The summed E-state index contributed by atoms with van der Waals surface area (Å²) in [5.74, 6) is 7.33. The van der Waals surface area contributed by atoms with Gasteiger partial charge in [-0.05, 0) is 62.7 Å². The van der Waals surface area contributed by atoms with Gasteiger partial charge in [0.1, 0.15) is 5.78 Å². The first-order chi connectivity index (χ1) is 14.0. The third kappa shape index (κ3) is 7.30. The molecule has 0 amide bonds. The molecular weight excluding hydrogens is 364 g/mol. The first-order valence-electron chi connectivity index (χ1n) is 11.4. The molecule has 0 spiro atoms. The largest absolute Gasteiger partial charge is 0.469 e. The summed E-state index contributed by atoms with van der Waals surface area (Å²) in [4.78, 5) is 24.1. The molecule has 5 atom stereocenters. The SMILES string of the molecule is CCC#CCC(C)CCC(=O)[C@H]1[C@@H]2CC=C(CCCCC(=O)OC)C[C@@H]2C[C@@H]1O. The molecule has 0 aromatic rings. The van der Waals surface area contributed by atoms with Crippen LogP contribution in [0.2, 0.25) is 0 Å². The predicted molar refractivity (Wildman–Crippen MR) is 115 cm³/mol. The topological polar surface area (TPSA) is 63.6 Å². The summed E-state index contributed by atoms with van der Waals surface area (Å²) in [6.07, 6.45) is 10.9. The van der Waals surface area contributed by atoms with Crippen molar-refractivity contribution in [2.45, 2.75) is 90.6 Å². The van der Waals surface area contributed by atoms with E-state index in [-0.39, 0.29) is 17.7 Å². The highest BCUT2D eigenvalue weighted by Crippen LogP contribution is 2.47. The lowest BCUT2D eigenvalue weighted by atomic mass is 9.75. The van der Waals surface area contributed by atoms with Gasteiger partial charge >= 0.3 is 5.97 Å². The molecule has 1 fully saturated rings. The lowest BCUT2D eigenvalue weighted by Gasteiger charge is -2.29. The molecule has 0 saturated heterocycles. The van der Waals surface area contributed by atoms with Crippen LogP contribution in [0.4, 0.5) is 0 Å². The van der Waals surface area contributed by atoms with Crippen molar-refractivity contribution in [3.8, 4) is 11.8 Å². The van der Waals surface area contributed by atoms with Crippen molar-refractivity contribution < 1.29 is 19.4 Å². The summed E-state index contributed by atoms with van der Waals surface area (Å²) in [5.41, 5.74) is 1.43. The van der Waals surface area contributed by atoms with Crippen LogP contribution in [-0.4, -0.2) is 30.1 Å². The van der Waals surface area contributed by atoms with E-state index in [1.54, 1.807) is 0 Å². The van der Waals surface area contributed by atoms with Gasteiger partial charge in [0.25, 0.3) is 0 Å². The maximum Gasteiger partial charge on any atom is 0.305 e. The number of carbonyl (C=O) groups excluding carboxylic acids is 2. The maximum absolute atomic E-state index is 12.9. The zero-order valence-electron chi connectivity index (χ0n) is 18.4. The Kier molecular flexibility index (Phi) is 9.94. The van der Waals surface area contributed by atoms with Gasteiger partial charge < -0.3 is 9.84 Å². The van der Waals surface area contributed by atoms with E-state index in [2.05, 4.69) is 29.6 Å². The number of hydrogen-bond acceptors (Lipinski definition) is 4. The van der Waals surface area contributed by atoms with Crippen molar-refractivity contribution >= 4 is 11.8 Å². The fourth-order valence-corrected chi connectivity index (χ4v) is 4.92. The fraction of sp³-hybridized carbons (Fsp3) is 0.760. The van der Waals surface area contributed by atoms with Gasteiger partial charge in [-0.1, -0.05) is 25.5 Å². The summed E-state index contributed by atoms with van der Waals surface area (Å²) in [6.45, 7) is 4.20. The van der Waals surface area contributed by atoms with Crippen molar-refractivity contribution in [2.75, 3.05) is 7.11 Å². The molecule has 1 saturated carbocycles. The molecule has 1 unspecified atom stereocenters. The highest BCUT2D eigenvalue weighted by atomic mass is 16.5. The van der Waals surface area contributed by atoms with Crippen LogP contribution >= 0.6 is 0 Å². The van der Waals surface area contributed by atoms with Gasteiger partial charge in [-0.3, -0.25) is 9.59 Å². The second-order valence-corrected chi connectivity index (χ2v) is 8.86. The minimum Gasteiger partial charge on any atom is -0.469 e. The van der Waals surface area contributed by atoms with Gasteiger partial charge in [-0.2, -0.15) is 0 Å². The summed E-state index contributed by atoms with van der Waals surface area (Å²) in [7, 11) is 1.43. The highest BCUT2D eigenvalue weighted by Gasteiger charge is 2.46. The van der Waals surface area contributed by atoms with E-state index in [0.29, 0.717) is 30.6 Å². The van der Waals surface area contributed by atoms with E-state index in [9.17, 15) is 14.7 Å². The molecule has 0 heterocycles. The van der Waals surface area contributed by atoms with Crippen LogP contribution in [0.15, 0.2) is 11.6 Å². The number of allylic oxidation sites excluding steroid dienone is 2. The van der Waals surface area contributed by atoms with Crippen LogP contribution in [0, 0.1) is 35.5 Å². The molecule has 0 radical (unpaired) electrons. The van der Waals surface area contributed by atoms with Crippen LogP contribution in [0.5, 0.6) is 0 Å². The molecule has 0 bridgehead atoms. The van der Waals surface area contributed by atoms with Gasteiger partial charge in [-0.15, -0.1) is 11.8 Å². The van der Waals surface area contributed by atoms with Crippen molar-refractivity contribution in [3.63, 3.8) is 0 Å². The number of ether oxygens (including phenoxy) is 1. The van der Waals surface area contributed by atoms with Crippen molar-refractivity contribution in [3.05, 3.63) is 11.6 Å². The Labute approximate surface area is 176 Å². The molecule has 2 aliphatic rings. The molecule has 0 aromatic heterocycles. The van der Waals surface area contributed by atoms with Crippen LogP contribution in [0.1, 0.15) is 84.5 Å². The Morgan fingerprint density at radius 2 is 2.07 bits per heavy atom. The van der Waals surface area contributed by atoms with Crippen molar-refractivity contribution in [1.82, 2.24) is 0 Å². The van der Waals surface area contributed by atoms with Gasteiger partial charge in [0.2, 0.25) is 0 Å². The summed E-state index contributed by atoms with van der Waals surface area (Å²) in [6, 6.07) is 0. The van der Waals surface area contributed by atoms with Crippen LogP contribution in [0.25, 0.3) is 0 Å². The minimum absolute atomic E-state index is 0.144. The standard InChI is InChI=1S/C25H38O4/c1-4-5-6-9-18(2)12-15-22(26)25-21-14-13-19(16-20(21)17-23(25)27)10-7-8-11-24(28)29-3/h13,18,20-21,23,25,27H,4,7-12,14-17H2,1-3H3/t18?,20-,21-,23+,25-/m1/s1. The van der Waals surface area contributed by atoms with E-state index in [4.69, 9.17) is 0 Å². The molecule has 1 N–H and O–H groups in total. The first kappa shape index (κ1) is 23.7. The Balaban J connectivity index is 1.80. The van der Waals surface area contributed by atoms with E-state index in [1.807, 2.05) is 6.92 Å².